The maximum atomic E-state index is 10.9. The quantitative estimate of drug-likeness (QED) is 0.437. The predicted molar refractivity (Wildman–Crippen MR) is 62.2 cm³/mol. The number of phosphoric acid groups is 1. The van der Waals surface area contributed by atoms with Gasteiger partial charge in [0.1, 0.15) is 0 Å². The Balaban J connectivity index is 3.13. The molecular formula is C10H23O5P. The van der Waals surface area contributed by atoms with Crippen LogP contribution < -0.4 is 0 Å². The third-order valence-electron chi connectivity index (χ3n) is 2.29. The Bertz CT molecular complexity index is 198. The fourth-order valence-electron chi connectivity index (χ4n) is 1.33. The molecule has 0 aromatic carbocycles. The Hall–Kier alpha value is 0.0700. The zero-order chi connectivity index (χ0) is 12.3. The lowest BCUT2D eigenvalue weighted by atomic mass is 10.1. The smallest absolute Gasteiger partial charge is 0.396 e. The molecule has 0 spiro atoms. The zero-order valence-corrected chi connectivity index (χ0v) is 10.8. The van der Waals surface area contributed by atoms with Gasteiger partial charge in [-0.15, -0.1) is 0 Å². The number of hydrogen-bond donors (Lipinski definition) is 2. The van der Waals surface area contributed by atoms with Crippen LogP contribution in [0.5, 0.6) is 0 Å². The van der Waals surface area contributed by atoms with E-state index in [-0.39, 0.29) is 13.2 Å². The highest BCUT2D eigenvalue weighted by atomic mass is 31.2. The van der Waals surface area contributed by atoms with Gasteiger partial charge in [-0.3, -0.25) is 9.05 Å². The molecule has 98 valence electrons. The van der Waals surface area contributed by atoms with Crippen molar-refractivity contribution in [3.8, 4) is 0 Å². The summed E-state index contributed by atoms with van der Waals surface area (Å²) >= 11 is 0. The van der Waals surface area contributed by atoms with Crippen molar-refractivity contribution in [1.82, 2.24) is 0 Å². The summed E-state index contributed by atoms with van der Waals surface area (Å²) in [5.41, 5.74) is 0. The molecule has 0 aliphatic heterocycles. The molecule has 5 nitrogen and oxygen atoms in total. The Morgan fingerprint density at radius 1 is 1.00 bits per heavy atom. The van der Waals surface area contributed by atoms with Gasteiger partial charge in [-0.25, -0.2) is 4.57 Å². The van der Waals surface area contributed by atoms with E-state index in [0.29, 0.717) is 0 Å². The first kappa shape index (κ1) is 16.1. The first-order valence-corrected chi connectivity index (χ1v) is 7.26. The van der Waals surface area contributed by atoms with Crippen LogP contribution in [-0.2, 0) is 13.6 Å². The monoisotopic (exact) mass is 254 g/mol. The van der Waals surface area contributed by atoms with Crippen LogP contribution >= 0.6 is 7.82 Å². The highest BCUT2D eigenvalue weighted by Crippen LogP contribution is 2.41. The third-order valence-corrected chi connectivity index (χ3v) is 3.26. The number of aliphatic hydroxyl groups is 1. The van der Waals surface area contributed by atoms with Crippen molar-refractivity contribution < 1.29 is 23.6 Å². The molecule has 0 bridgehead atoms. The second kappa shape index (κ2) is 10.2. The van der Waals surface area contributed by atoms with Gasteiger partial charge in [-0.1, -0.05) is 32.1 Å². The van der Waals surface area contributed by atoms with Crippen LogP contribution in [0.2, 0.25) is 0 Å². The number of rotatable bonds is 11. The van der Waals surface area contributed by atoms with E-state index in [9.17, 15) is 4.57 Å². The van der Waals surface area contributed by atoms with Crippen LogP contribution in [0, 0.1) is 0 Å². The molecule has 1 atom stereocenters. The van der Waals surface area contributed by atoms with Crippen molar-refractivity contribution in [2.45, 2.75) is 44.9 Å². The molecule has 0 radical (unpaired) electrons. The molecule has 0 rings (SSSR count). The van der Waals surface area contributed by atoms with E-state index in [4.69, 9.17) is 10.00 Å². The minimum atomic E-state index is -3.77. The van der Waals surface area contributed by atoms with Crippen molar-refractivity contribution in [1.29, 1.82) is 0 Å². The summed E-state index contributed by atoms with van der Waals surface area (Å²) in [6.07, 6.45) is 7.08. The first-order valence-electron chi connectivity index (χ1n) is 5.76. The van der Waals surface area contributed by atoms with Crippen LogP contribution in [-0.4, -0.2) is 30.3 Å². The summed E-state index contributed by atoms with van der Waals surface area (Å²) in [5, 5.41) is 8.56. The van der Waals surface area contributed by atoms with Crippen LogP contribution in [0.25, 0.3) is 0 Å². The lowest BCUT2D eigenvalue weighted by Gasteiger charge is -2.08. The number of unbranched alkanes of at least 4 members (excludes halogenated alkanes) is 6. The fraction of sp³-hybridized carbons (Fsp3) is 1.00. The van der Waals surface area contributed by atoms with Gasteiger partial charge in [0.15, 0.2) is 0 Å². The molecule has 0 saturated carbocycles. The van der Waals surface area contributed by atoms with Crippen molar-refractivity contribution in [3.05, 3.63) is 0 Å². The second-order valence-corrected chi connectivity index (χ2v) is 5.24. The molecule has 2 N–H and O–H groups in total. The largest absolute Gasteiger partial charge is 0.471 e. The molecule has 0 heterocycles. The van der Waals surface area contributed by atoms with E-state index in [1.54, 1.807) is 0 Å². The molecule has 0 aliphatic carbocycles. The van der Waals surface area contributed by atoms with Crippen molar-refractivity contribution >= 4 is 7.82 Å². The SMILES string of the molecule is COP(=O)(O)OCCCCCCCCCO. The van der Waals surface area contributed by atoms with Crippen LogP contribution in [0.3, 0.4) is 0 Å². The van der Waals surface area contributed by atoms with Gasteiger partial charge < -0.3 is 10.00 Å². The van der Waals surface area contributed by atoms with Gasteiger partial charge in [0.2, 0.25) is 0 Å². The second-order valence-electron chi connectivity index (χ2n) is 3.68. The Morgan fingerprint density at radius 2 is 1.50 bits per heavy atom. The summed E-state index contributed by atoms with van der Waals surface area (Å²) in [5.74, 6) is 0. The van der Waals surface area contributed by atoms with Gasteiger partial charge in [0.25, 0.3) is 0 Å². The van der Waals surface area contributed by atoms with E-state index >= 15 is 0 Å². The Morgan fingerprint density at radius 3 is 2.00 bits per heavy atom. The fourth-order valence-corrected chi connectivity index (χ4v) is 1.80. The van der Waals surface area contributed by atoms with Crippen LogP contribution in [0.1, 0.15) is 44.9 Å². The summed E-state index contributed by atoms with van der Waals surface area (Å²) in [4.78, 5) is 8.91. The minimum Gasteiger partial charge on any atom is -0.396 e. The lowest BCUT2D eigenvalue weighted by Crippen LogP contribution is -1.94. The Labute approximate surface area is 97.4 Å². The molecule has 16 heavy (non-hydrogen) atoms. The van der Waals surface area contributed by atoms with Crippen LogP contribution in [0.4, 0.5) is 0 Å². The minimum absolute atomic E-state index is 0.262. The molecule has 0 aliphatic rings. The van der Waals surface area contributed by atoms with E-state index < -0.39 is 7.82 Å². The van der Waals surface area contributed by atoms with Gasteiger partial charge >= 0.3 is 7.82 Å². The molecule has 0 saturated heterocycles. The Kier molecular flexibility index (Phi) is 10.3. The van der Waals surface area contributed by atoms with Gasteiger partial charge in [-0.2, -0.15) is 0 Å². The van der Waals surface area contributed by atoms with Crippen molar-refractivity contribution in [2.24, 2.45) is 0 Å². The van der Waals surface area contributed by atoms with Crippen molar-refractivity contribution in [3.63, 3.8) is 0 Å². The standard InChI is InChI=1S/C10H23O5P/c1-14-16(12,13)15-10-8-6-4-2-3-5-7-9-11/h11H,2-10H2,1H3,(H,12,13). The molecule has 0 fully saturated rings. The number of aliphatic hydroxyl groups excluding tert-OH is 1. The summed E-state index contributed by atoms with van der Waals surface area (Å²) in [6, 6.07) is 0. The molecule has 0 amide bonds. The third kappa shape index (κ3) is 10.6. The van der Waals surface area contributed by atoms with E-state index in [1.165, 1.54) is 0 Å². The molecular weight excluding hydrogens is 231 g/mol. The van der Waals surface area contributed by atoms with Crippen molar-refractivity contribution in [2.75, 3.05) is 20.3 Å². The number of phosphoric ester groups is 1. The summed E-state index contributed by atoms with van der Waals surface area (Å²) in [6.45, 7) is 0.537. The van der Waals surface area contributed by atoms with Gasteiger partial charge in [0.05, 0.1) is 6.61 Å². The molecule has 0 aromatic rings. The van der Waals surface area contributed by atoms with Crippen LogP contribution in [0.15, 0.2) is 0 Å². The summed E-state index contributed by atoms with van der Waals surface area (Å²) < 4.78 is 19.8. The highest BCUT2D eigenvalue weighted by Gasteiger charge is 2.16. The molecule has 1 unspecified atom stereocenters. The highest BCUT2D eigenvalue weighted by molar-refractivity contribution is 7.47. The van der Waals surface area contributed by atoms with E-state index in [0.717, 1.165) is 52.1 Å². The first-order chi connectivity index (χ1) is 7.62. The average molecular weight is 254 g/mol. The summed E-state index contributed by atoms with van der Waals surface area (Å²) in [7, 11) is -2.62. The number of hydrogen-bond acceptors (Lipinski definition) is 4. The lowest BCUT2D eigenvalue weighted by molar-refractivity contribution is 0.170. The average Bonchev–Trinajstić information content (AvgIpc) is 2.27. The van der Waals surface area contributed by atoms with E-state index in [2.05, 4.69) is 9.05 Å². The topological polar surface area (TPSA) is 76.0 Å². The zero-order valence-electron chi connectivity index (χ0n) is 9.93. The normalized spacial score (nSPS) is 14.9. The molecule has 0 aromatic heterocycles. The van der Waals surface area contributed by atoms with Gasteiger partial charge in [-0.05, 0) is 12.8 Å². The maximum Gasteiger partial charge on any atom is 0.471 e. The predicted octanol–water partition coefficient (Wildman–Crippen LogP) is 2.47. The van der Waals surface area contributed by atoms with E-state index in [1.807, 2.05) is 0 Å². The maximum absolute atomic E-state index is 10.9. The van der Waals surface area contributed by atoms with Gasteiger partial charge in [0, 0.05) is 13.7 Å². The molecule has 6 heteroatoms.